The molecule has 5 heteroatoms. The predicted molar refractivity (Wildman–Crippen MR) is 101 cm³/mol. The largest absolute Gasteiger partial charge is 0.355 e. The molecule has 132 valence electrons. The number of carbonyl (C=O) groups excluding carboxylic acids is 2. The smallest absolute Gasteiger partial charge is 0.251 e. The SMILES string of the molecule is Cc1ccc(CCCNC(=O)CNC(=O)c2ccc(Cl)cc2)c(C)c1. The highest BCUT2D eigenvalue weighted by Crippen LogP contribution is 2.12. The van der Waals surface area contributed by atoms with Gasteiger partial charge in [-0.25, -0.2) is 0 Å². The maximum atomic E-state index is 11.9. The summed E-state index contributed by atoms with van der Waals surface area (Å²) in [5.41, 5.74) is 4.32. The van der Waals surface area contributed by atoms with Gasteiger partial charge in [-0.3, -0.25) is 9.59 Å². The zero-order valence-electron chi connectivity index (χ0n) is 14.6. The summed E-state index contributed by atoms with van der Waals surface area (Å²) in [5, 5.41) is 5.99. The number of aryl methyl sites for hydroxylation is 3. The minimum atomic E-state index is -0.290. The van der Waals surface area contributed by atoms with E-state index in [1.165, 1.54) is 16.7 Å². The van der Waals surface area contributed by atoms with E-state index in [-0.39, 0.29) is 18.4 Å². The van der Waals surface area contributed by atoms with Crippen LogP contribution in [0.2, 0.25) is 5.02 Å². The Kier molecular flexibility index (Phi) is 7.02. The molecule has 0 aliphatic heterocycles. The average molecular weight is 359 g/mol. The van der Waals surface area contributed by atoms with Crippen molar-refractivity contribution in [2.75, 3.05) is 13.1 Å². The van der Waals surface area contributed by atoms with E-state index in [2.05, 4.69) is 42.7 Å². The number of amides is 2. The van der Waals surface area contributed by atoms with E-state index >= 15 is 0 Å². The number of hydrogen-bond acceptors (Lipinski definition) is 2. The highest BCUT2D eigenvalue weighted by atomic mass is 35.5. The van der Waals surface area contributed by atoms with Crippen molar-refractivity contribution in [3.05, 3.63) is 69.7 Å². The van der Waals surface area contributed by atoms with Crippen LogP contribution < -0.4 is 10.6 Å². The summed E-state index contributed by atoms with van der Waals surface area (Å²) in [7, 11) is 0. The Morgan fingerprint density at radius 3 is 2.40 bits per heavy atom. The molecule has 0 bridgehead atoms. The van der Waals surface area contributed by atoms with Gasteiger partial charge in [0.25, 0.3) is 5.91 Å². The summed E-state index contributed by atoms with van der Waals surface area (Å²) >= 11 is 5.78. The summed E-state index contributed by atoms with van der Waals surface area (Å²) in [6.07, 6.45) is 1.78. The second kappa shape index (κ2) is 9.23. The molecule has 2 rings (SSSR count). The fourth-order valence-electron chi connectivity index (χ4n) is 2.56. The molecule has 2 amide bonds. The molecule has 4 nitrogen and oxygen atoms in total. The van der Waals surface area contributed by atoms with E-state index < -0.39 is 0 Å². The Morgan fingerprint density at radius 2 is 1.72 bits per heavy atom. The van der Waals surface area contributed by atoms with Gasteiger partial charge in [-0.05, 0) is 62.1 Å². The first kappa shape index (κ1) is 19.0. The van der Waals surface area contributed by atoms with Gasteiger partial charge in [0.1, 0.15) is 0 Å². The molecule has 0 spiro atoms. The van der Waals surface area contributed by atoms with Crippen molar-refractivity contribution in [1.82, 2.24) is 10.6 Å². The molecule has 0 saturated carbocycles. The van der Waals surface area contributed by atoms with Gasteiger partial charge >= 0.3 is 0 Å². The summed E-state index contributed by atoms with van der Waals surface area (Å²) in [4.78, 5) is 23.7. The predicted octanol–water partition coefficient (Wildman–Crippen LogP) is 3.44. The van der Waals surface area contributed by atoms with Crippen LogP contribution >= 0.6 is 11.6 Å². The van der Waals surface area contributed by atoms with Gasteiger partial charge < -0.3 is 10.6 Å². The number of benzene rings is 2. The number of hydrogen-bond donors (Lipinski definition) is 2. The van der Waals surface area contributed by atoms with Crippen LogP contribution in [0.3, 0.4) is 0 Å². The lowest BCUT2D eigenvalue weighted by molar-refractivity contribution is -0.120. The third-order valence-corrected chi connectivity index (χ3v) is 4.21. The minimum absolute atomic E-state index is 0.0367. The first-order chi connectivity index (χ1) is 12.0. The second-order valence-corrected chi connectivity index (χ2v) is 6.51. The zero-order valence-corrected chi connectivity index (χ0v) is 15.3. The highest BCUT2D eigenvalue weighted by Gasteiger charge is 2.07. The quantitative estimate of drug-likeness (QED) is 0.745. The molecule has 0 heterocycles. The zero-order chi connectivity index (χ0) is 18.2. The molecule has 2 aromatic rings. The van der Waals surface area contributed by atoms with Crippen LogP contribution in [-0.4, -0.2) is 24.9 Å². The standard InChI is InChI=1S/C20H23ClN2O2/c1-14-5-6-16(15(2)12-14)4-3-11-22-19(24)13-23-20(25)17-7-9-18(21)10-8-17/h5-10,12H,3-4,11,13H2,1-2H3,(H,22,24)(H,23,25). The first-order valence-electron chi connectivity index (χ1n) is 8.32. The second-order valence-electron chi connectivity index (χ2n) is 6.07. The Balaban J connectivity index is 1.67. The van der Waals surface area contributed by atoms with E-state index in [4.69, 9.17) is 11.6 Å². The summed E-state index contributed by atoms with van der Waals surface area (Å²) in [6.45, 7) is 4.73. The molecular weight excluding hydrogens is 336 g/mol. The molecule has 0 radical (unpaired) electrons. The Morgan fingerprint density at radius 1 is 1.00 bits per heavy atom. The number of halogens is 1. The van der Waals surface area contributed by atoms with Gasteiger partial charge in [0, 0.05) is 17.1 Å². The molecule has 25 heavy (non-hydrogen) atoms. The van der Waals surface area contributed by atoms with Gasteiger partial charge in [-0.2, -0.15) is 0 Å². The number of carbonyl (C=O) groups is 2. The van der Waals surface area contributed by atoms with Crippen molar-refractivity contribution in [1.29, 1.82) is 0 Å². The van der Waals surface area contributed by atoms with Gasteiger partial charge in [0.05, 0.1) is 6.54 Å². The van der Waals surface area contributed by atoms with Crippen molar-refractivity contribution in [3.63, 3.8) is 0 Å². The lowest BCUT2D eigenvalue weighted by Crippen LogP contribution is -2.37. The van der Waals surface area contributed by atoms with Gasteiger partial charge in [-0.15, -0.1) is 0 Å². The van der Waals surface area contributed by atoms with E-state index in [1.807, 2.05) is 0 Å². The monoisotopic (exact) mass is 358 g/mol. The van der Waals surface area contributed by atoms with Crippen molar-refractivity contribution >= 4 is 23.4 Å². The van der Waals surface area contributed by atoms with E-state index in [1.54, 1.807) is 24.3 Å². The first-order valence-corrected chi connectivity index (χ1v) is 8.70. The van der Waals surface area contributed by atoms with Crippen LogP contribution in [0.15, 0.2) is 42.5 Å². The van der Waals surface area contributed by atoms with E-state index in [0.717, 1.165) is 12.8 Å². The molecule has 0 atom stereocenters. The highest BCUT2D eigenvalue weighted by molar-refractivity contribution is 6.30. The fourth-order valence-corrected chi connectivity index (χ4v) is 2.69. The Hall–Kier alpha value is -2.33. The number of nitrogens with one attached hydrogen (secondary N) is 2. The van der Waals surface area contributed by atoms with Crippen LogP contribution in [0.1, 0.15) is 33.5 Å². The van der Waals surface area contributed by atoms with Crippen molar-refractivity contribution < 1.29 is 9.59 Å². The molecule has 0 aliphatic rings. The minimum Gasteiger partial charge on any atom is -0.355 e. The molecule has 0 saturated heterocycles. The molecule has 2 N–H and O–H groups in total. The lowest BCUT2D eigenvalue weighted by atomic mass is 10.0. The van der Waals surface area contributed by atoms with Crippen molar-refractivity contribution in [3.8, 4) is 0 Å². The van der Waals surface area contributed by atoms with E-state index in [0.29, 0.717) is 17.1 Å². The summed E-state index contributed by atoms with van der Waals surface area (Å²) in [5.74, 6) is -0.481. The van der Waals surface area contributed by atoms with Crippen LogP contribution in [0.25, 0.3) is 0 Å². The maximum absolute atomic E-state index is 11.9. The van der Waals surface area contributed by atoms with Gasteiger partial charge in [0.2, 0.25) is 5.91 Å². The normalized spacial score (nSPS) is 10.4. The van der Waals surface area contributed by atoms with Gasteiger partial charge in [-0.1, -0.05) is 35.4 Å². The van der Waals surface area contributed by atoms with Crippen molar-refractivity contribution in [2.45, 2.75) is 26.7 Å². The Bertz CT molecular complexity index is 742. The lowest BCUT2D eigenvalue weighted by Gasteiger charge is -2.09. The van der Waals surface area contributed by atoms with Crippen LogP contribution in [-0.2, 0) is 11.2 Å². The van der Waals surface area contributed by atoms with Crippen LogP contribution in [0.4, 0.5) is 0 Å². The van der Waals surface area contributed by atoms with E-state index in [9.17, 15) is 9.59 Å². The molecule has 0 aliphatic carbocycles. The third kappa shape index (κ3) is 6.24. The molecule has 2 aromatic carbocycles. The third-order valence-electron chi connectivity index (χ3n) is 3.96. The van der Waals surface area contributed by atoms with Crippen molar-refractivity contribution in [2.24, 2.45) is 0 Å². The maximum Gasteiger partial charge on any atom is 0.251 e. The molecule has 0 unspecified atom stereocenters. The molecule has 0 fully saturated rings. The summed E-state index contributed by atoms with van der Waals surface area (Å²) < 4.78 is 0. The van der Waals surface area contributed by atoms with Crippen LogP contribution in [0, 0.1) is 13.8 Å². The summed E-state index contributed by atoms with van der Waals surface area (Å²) in [6, 6.07) is 12.9. The number of rotatable bonds is 7. The van der Waals surface area contributed by atoms with Crippen LogP contribution in [0.5, 0.6) is 0 Å². The van der Waals surface area contributed by atoms with Gasteiger partial charge in [0.15, 0.2) is 0 Å². The Labute approximate surface area is 153 Å². The topological polar surface area (TPSA) is 58.2 Å². The molecular formula is C20H23ClN2O2. The average Bonchev–Trinajstić information content (AvgIpc) is 2.58. The molecule has 0 aromatic heterocycles. The fraction of sp³-hybridized carbons (Fsp3) is 0.300.